The highest BCUT2D eigenvalue weighted by atomic mass is 79.9. The Bertz CT molecular complexity index is 425. The number of hydrogen-bond acceptors (Lipinski definition) is 2. The average Bonchev–Trinajstić information content (AvgIpc) is 2.29. The molecule has 16 heavy (non-hydrogen) atoms. The molecule has 0 saturated heterocycles. The van der Waals surface area contributed by atoms with Crippen LogP contribution in [-0.2, 0) is 4.79 Å². The summed E-state index contributed by atoms with van der Waals surface area (Å²) >= 11 is 3.35. The molecule has 0 N–H and O–H groups in total. The number of halogens is 1. The Morgan fingerprint density at radius 2 is 2.31 bits per heavy atom. The second-order valence-electron chi connectivity index (χ2n) is 3.44. The van der Waals surface area contributed by atoms with Gasteiger partial charge in [0.25, 0.3) is 0 Å². The molecule has 0 aromatic heterocycles. The van der Waals surface area contributed by atoms with Crippen LogP contribution < -0.4 is 0 Å². The predicted octanol–water partition coefficient (Wildman–Crippen LogP) is 2.88. The third-order valence-corrected chi connectivity index (χ3v) is 2.86. The molecular weight excluding hydrogens is 268 g/mol. The molecule has 0 bridgehead atoms. The van der Waals surface area contributed by atoms with Crippen LogP contribution in [0.1, 0.15) is 24.9 Å². The van der Waals surface area contributed by atoms with Crippen LogP contribution in [0.25, 0.3) is 0 Å². The predicted molar refractivity (Wildman–Crippen MR) is 65.6 cm³/mol. The maximum atomic E-state index is 11.5. The largest absolute Gasteiger partial charge is 0.326 e. The van der Waals surface area contributed by atoms with Gasteiger partial charge in [-0.05, 0) is 17.7 Å². The zero-order chi connectivity index (χ0) is 12.1. The summed E-state index contributed by atoms with van der Waals surface area (Å²) in [5.74, 6) is -0.0356. The van der Waals surface area contributed by atoms with Gasteiger partial charge in [-0.1, -0.05) is 35.0 Å². The van der Waals surface area contributed by atoms with Crippen LogP contribution in [0, 0.1) is 11.3 Å². The molecule has 1 unspecified atom stereocenters. The normalized spacial score (nSPS) is 11.6. The van der Waals surface area contributed by atoms with E-state index in [4.69, 9.17) is 5.26 Å². The van der Waals surface area contributed by atoms with Gasteiger partial charge in [0.15, 0.2) is 0 Å². The van der Waals surface area contributed by atoms with Gasteiger partial charge in [0, 0.05) is 17.9 Å². The molecule has 0 aliphatic rings. The minimum absolute atomic E-state index is 0.0356. The SMILES string of the molecule is CCC(=O)N(C)C(C#N)c1cccc(Br)c1. The first kappa shape index (κ1) is 12.7. The molecule has 0 saturated carbocycles. The molecule has 0 radical (unpaired) electrons. The van der Waals surface area contributed by atoms with Crippen molar-refractivity contribution in [1.29, 1.82) is 5.26 Å². The number of nitriles is 1. The van der Waals surface area contributed by atoms with Crippen LogP contribution in [0.4, 0.5) is 0 Å². The number of carbonyl (C=O) groups is 1. The van der Waals surface area contributed by atoms with E-state index < -0.39 is 6.04 Å². The number of hydrogen-bond donors (Lipinski definition) is 0. The van der Waals surface area contributed by atoms with Crippen molar-refractivity contribution in [1.82, 2.24) is 4.90 Å². The third-order valence-electron chi connectivity index (χ3n) is 2.37. The zero-order valence-corrected chi connectivity index (χ0v) is 10.9. The summed E-state index contributed by atoms with van der Waals surface area (Å²) in [6.07, 6.45) is 0.405. The van der Waals surface area contributed by atoms with Crippen LogP contribution in [-0.4, -0.2) is 17.9 Å². The summed E-state index contributed by atoms with van der Waals surface area (Å²) in [6, 6.07) is 9.07. The molecule has 0 heterocycles. The molecule has 1 atom stereocenters. The van der Waals surface area contributed by atoms with Crippen LogP contribution in [0.15, 0.2) is 28.7 Å². The van der Waals surface area contributed by atoms with Gasteiger partial charge in [0.1, 0.15) is 6.04 Å². The number of benzene rings is 1. The van der Waals surface area contributed by atoms with E-state index in [2.05, 4.69) is 22.0 Å². The Kier molecular flexibility index (Phi) is 4.51. The number of nitrogens with zero attached hydrogens (tertiary/aromatic N) is 2. The molecule has 0 aliphatic heterocycles. The summed E-state index contributed by atoms with van der Waals surface area (Å²) < 4.78 is 0.905. The fraction of sp³-hybridized carbons (Fsp3) is 0.333. The van der Waals surface area contributed by atoms with Gasteiger partial charge in [0.05, 0.1) is 6.07 Å². The van der Waals surface area contributed by atoms with Crippen LogP contribution >= 0.6 is 15.9 Å². The van der Waals surface area contributed by atoms with Crippen molar-refractivity contribution in [3.8, 4) is 6.07 Å². The fourth-order valence-electron chi connectivity index (χ4n) is 1.45. The first-order chi connectivity index (χ1) is 7.60. The zero-order valence-electron chi connectivity index (χ0n) is 9.27. The lowest BCUT2D eigenvalue weighted by Crippen LogP contribution is -2.29. The number of carbonyl (C=O) groups excluding carboxylic acids is 1. The standard InChI is InChI=1S/C12H13BrN2O/c1-3-12(16)15(2)11(8-14)9-5-4-6-10(13)7-9/h4-7,11H,3H2,1-2H3. The molecule has 1 aromatic carbocycles. The Hall–Kier alpha value is -1.34. The fourth-order valence-corrected chi connectivity index (χ4v) is 1.87. The lowest BCUT2D eigenvalue weighted by molar-refractivity contribution is -0.130. The average molecular weight is 281 g/mol. The summed E-state index contributed by atoms with van der Waals surface area (Å²) in [4.78, 5) is 13.0. The second-order valence-corrected chi connectivity index (χ2v) is 4.36. The van der Waals surface area contributed by atoms with E-state index in [0.29, 0.717) is 6.42 Å². The summed E-state index contributed by atoms with van der Waals surface area (Å²) in [7, 11) is 1.65. The topological polar surface area (TPSA) is 44.1 Å². The van der Waals surface area contributed by atoms with Gasteiger partial charge < -0.3 is 4.90 Å². The lowest BCUT2D eigenvalue weighted by Gasteiger charge is -2.22. The molecule has 0 aliphatic carbocycles. The molecule has 84 valence electrons. The van der Waals surface area contributed by atoms with Gasteiger partial charge in [-0.2, -0.15) is 5.26 Å². The monoisotopic (exact) mass is 280 g/mol. The maximum Gasteiger partial charge on any atom is 0.223 e. The van der Waals surface area contributed by atoms with Gasteiger partial charge in [-0.15, -0.1) is 0 Å². The Balaban J connectivity index is 3.00. The molecular formula is C12H13BrN2O. The molecule has 1 rings (SSSR count). The summed E-state index contributed by atoms with van der Waals surface area (Å²) in [6.45, 7) is 1.79. The van der Waals surface area contributed by atoms with Gasteiger partial charge in [-0.25, -0.2) is 0 Å². The molecule has 1 amide bonds. The Labute approximate surface area is 104 Å². The van der Waals surface area contributed by atoms with E-state index in [1.807, 2.05) is 24.3 Å². The summed E-state index contributed by atoms with van der Waals surface area (Å²) in [5, 5.41) is 9.13. The molecule has 1 aromatic rings. The Morgan fingerprint density at radius 3 is 2.81 bits per heavy atom. The first-order valence-electron chi connectivity index (χ1n) is 5.01. The van der Waals surface area contributed by atoms with Crippen LogP contribution in [0.3, 0.4) is 0 Å². The van der Waals surface area contributed by atoms with E-state index in [1.54, 1.807) is 14.0 Å². The van der Waals surface area contributed by atoms with Crippen molar-refractivity contribution in [2.75, 3.05) is 7.05 Å². The molecule has 3 nitrogen and oxygen atoms in total. The number of rotatable bonds is 3. The second kappa shape index (κ2) is 5.66. The van der Waals surface area contributed by atoms with E-state index in [1.165, 1.54) is 4.90 Å². The van der Waals surface area contributed by atoms with Crippen molar-refractivity contribution in [2.45, 2.75) is 19.4 Å². The third kappa shape index (κ3) is 2.83. The highest BCUT2D eigenvalue weighted by Gasteiger charge is 2.19. The van der Waals surface area contributed by atoms with Crippen molar-refractivity contribution < 1.29 is 4.79 Å². The number of amides is 1. The van der Waals surface area contributed by atoms with Gasteiger partial charge >= 0.3 is 0 Å². The van der Waals surface area contributed by atoms with Crippen molar-refractivity contribution in [3.05, 3.63) is 34.3 Å². The summed E-state index contributed by atoms with van der Waals surface area (Å²) in [5.41, 5.74) is 0.821. The molecule has 4 heteroatoms. The van der Waals surface area contributed by atoms with Crippen molar-refractivity contribution >= 4 is 21.8 Å². The van der Waals surface area contributed by atoms with Gasteiger partial charge in [-0.3, -0.25) is 4.79 Å². The minimum Gasteiger partial charge on any atom is -0.326 e. The quantitative estimate of drug-likeness (QED) is 0.855. The minimum atomic E-state index is -0.523. The lowest BCUT2D eigenvalue weighted by atomic mass is 10.1. The van der Waals surface area contributed by atoms with Crippen molar-refractivity contribution in [3.63, 3.8) is 0 Å². The van der Waals surface area contributed by atoms with E-state index >= 15 is 0 Å². The molecule has 0 spiro atoms. The molecule has 0 fully saturated rings. The first-order valence-corrected chi connectivity index (χ1v) is 5.80. The van der Waals surface area contributed by atoms with E-state index in [9.17, 15) is 4.79 Å². The highest BCUT2D eigenvalue weighted by molar-refractivity contribution is 9.10. The van der Waals surface area contributed by atoms with Crippen LogP contribution in [0.2, 0.25) is 0 Å². The van der Waals surface area contributed by atoms with E-state index in [0.717, 1.165) is 10.0 Å². The van der Waals surface area contributed by atoms with E-state index in [-0.39, 0.29) is 5.91 Å². The van der Waals surface area contributed by atoms with Gasteiger partial charge in [0.2, 0.25) is 5.91 Å². The highest BCUT2D eigenvalue weighted by Crippen LogP contribution is 2.22. The maximum absolute atomic E-state index is 11.5. The smallest absolute Gasteiger partial charge is 0.223 e. The Morgan fingerprint density at radius 1 is 1.62 bits per heavy atom. The van der Waals surface area contributed by atoms with Crippen LogP contribution in [0.5, 0.6) is 0 Å². The van der Waals surface area contributed by atoms with Crippen molar-refractivity contribution in [2.24, 2.45) is 0 Å².